The summed E-state index contributed by atoms with van der Waals surface area (Å²) in [6, 6.07) is 9.62. The van der Waals surface area contributed by atoms with E-state index in [-0.39, 0.29) is 28.7 Å². The molecule has 0 saturated carbocycles. The first kappa shape index (κ1) is 25.8. The number of halogens is 1. The number of aromatic nitrogens is 3. The second-order valence-corrected chi connectivity index (χ2v) is 10.0. The monoisotopic (exact) mass is 524 g/mol. The number of aryl methyl sites for hydroxylation is 2. The Balaban J connectivity index is 1.64. The van der Waals surface area contributed by atoms with Gasteiger partial charge < -0.3 is 10.6 Å². The molecule has 4 aromatic rings. The smallest absolute Gasteiger partial charge is 0.261 e. The lowest BCUT2D eigenvalue weighted by molar-refractivity contribution is -0.120. The molecule has 0 spiro atoms. The van der Waals surface area contributed by atoms with Crippen LogP contribution in [0.15, 0.2) is 59.9 Å². The van der Waals surface area contributed by atoms with Crippen LogP contribution in [0.25, 0.3) is 5.52 Å². The summed E-state index contributed by atoms with van der Waals surface area (Å²) in [6.07, 6.45) is 2.59. The highest BCUT2D eigenvalue weighted by molar-refractivity contribution is 7.92. The van der Waals surface area contributed by atoms with Gasteiger partial charge in [0.15, 0.2) is 11.6 Å². The van der Waals surface area contributed by atoms with Gasteiger partial charge in [-0.1, -0.05) is 12.1 Å². The van der Waals surface area contributed by atoms with Crippen molar-refractivity contribution in [3.05, 3.63) is 77.5 Å². The van der Waals surface area contributed by atoms with Gasteiger partial charge in [-0.2, -0.15) is 5.10 Å². The largest absolute Gasteiger partial charge is 0.356 e. The van der Waals surface area contributed by atoms with Crippen LogP contribution in [0.1, 0.15) is 34.8 Å². The fourth-order valence-corrected chi connectivity index (χ4v) is 4.91. The number of fused-ring (bicyclic) bond motifs is 1. The molecule has 192 valence electrons. The second kappa shape index (κ2) is 10.3. The van der Waals surface area contributed by atoms with Gasteiger partial charge >= 0.3 is 0 Å². The number of benzene rings is 2. The van der Waals surface area contributed by atoms with Gasteiger partial charge in [-0.15, -0.1) is 0 Å². The van der Waals surface area contributed by atoms with Gasteiger partial charge in [-0.3, -0.25) is 14.3 Å². The third-order valence-electron chi connectivity index (χ3n) is 5.67. The molecule has 0 unspecified atom stereocenters. The quantitative estimate of drug-likeness (QED) is 0.224. The minimum Gasteiger partial charge on any atom is -0.356 e. The summed E-state index contributed by atoms with van der Waals surface area (Å²) in [5, 5.41) is 9.98. The molecule has 4 rings (SSSR count). The number of nitrogens with zero attached hydrogens (tertiary/aromatic N) is 3. The molecule has 0 aliphatic carbocycles. The van der Waals surface area contributed by atoms with Crippen LogP contribution in [0.5, 0.6) is 0 Å². The summed E-state index contributed by atoms with van der Waals surface area (Å²) in [7, 11) is -4.02. The van der Waals surface area contributed by atoms with Gasteiger partial charge in [0.1, 0.15) is 17.7 Å². The third kappa shape index (κ3) is 5.59. The molecule has 3 N–H and O–H groups in total. The molecular formula is C25H25FN6O4S. The van der Waals surface area contributed by atoms with Gasteiger partial charge in [-0.25, -0.2) is 22.3 Å². The van der Waals surface area contributed by atoms with Gasteiger partial charge in [0.2, 0.25) is 5.91 Å². The number of sulfonamides is 1. The predicted octanol–water partition coefficient (Wildman–Crippen LogP) is 3.74. The zero-order valence-electron chi connectivity index (χ0n) is 20.4. The molecule has 0 radical (unpaired) electrons. The molecule has 2 aromatic carbocycles. The SMILES string of the molecule is CCNC(=O)CC(=O)c1cn2ncnc(Nc3cc(NS(=O)(=O)c4cccc(F)c4)ccc3C)c2c1C. The van der Waals surface area contributed by atoms with Crippen molar-refractivity contribution in [3.63, 3.8) is 0 Å². The molecule has 0 aliphatic rings. The number of carbonyl (C=O) groups excluding carboxylic acids is 2. The van der Waals surface area contributed by atoms with Crippen LogP contribution >= 0.6 is 0 Å². The van der Waals surface area contributed by atoms with Gasteiger partial charge in [0, 0.05) is 24.0 Å². The predicted molar refractivity (Wildman–Crippen MR) is 137 cm³/mol. The average Bonchev–Trinajstić information content (AvgIpc) is 3.18. The number of hydrogen-bond donors (Lipinski definition) is 3. The van der Waals surface area contributed by atoms with E-state index in [9.17, 15) is 22.4 Å². The summed E-state index contributed by atoms with van der Waals surface area (Å²) in [4.78, 5) is 28.7. The fourth-order valence-electron chi connectivity index (χ4n) is 3.83. The molecule has 0 bridgehead atoms. The fraction of sp³-hybridized carbons (Fsp3) is 0.200. The van der Waals surface area contributed by atoms with Crippen LogP contribution in [0.4, 0.5) is 21.6 Å². The number of ketones is 1. The Morgan fingerprint density at radius 3 is 2.62 bits per heavy atom. The number of rotatable bonds is 9. The van der Waals surface area contributed by atoms with Crippen LogP contribution in [0.2, 0.25) is 0 Å². The standard InChI is InChI=1S/C25H25FN6O4S/c1-4-27-23(34)12-22(33)20-13-32-24(16(20)3)25(28-14-29-32)30-21-11-18(9-8-15(21)2)31-37(35,36)19-7-5-6-17(26)10-19/h5-11,13-14,31H,4,12H2,1-3H3,(H,27,34)(H,28,29,30). The summed E-state index contributed by atoms with van der Waals surface area (Å²) < 4.78 is 43.0. The number of Topliss-reactive ketones (excluding diaryl/α,β-unsaturated/α-hetero) is 1. The summed E-state index contributed by atoms with van der Waals surface area (Å²) in [5.74, 6) is -0.976. The number of nitrogens with one attached hydrogen (secondary N) is 3. The van der Waals surface area contributed by atoms with Crippen LogP contribution in [0.3, 0.4) is 0 Å². The van der Waals surface area contributed by atoms with Crippen molar-refractivity contribution < 1.29 is 22.4 Å². The van der Waals surface area contributed by atoms with Crippen LogP contribution in [-0.2, 0) is 14.8 Å². The summed E-state index contributed by atoms with van der Waals surface area (Å²) in [6.45, 7) is 5.78. The Labute approximate surface area is 213 Å². The topological polar surface area (TPSA) is 135 Å². The van der Waals surface area contributed by atoms with Crippen LogP contribution in [0, 0.1) is 19.7 Å². The molecule has 37 heavy (non-hydrogen) atoms. The highest BCUT2D eigenvalue weighted by Gasteiger charge is 2.21. The first-order valence-electron chi connectivity index (χ1n) is 11.4. The molecule has 2 aromatic heterocycles. The van der Waals surface area contributed by atoms with Crippen molar-refractivity contribution in [1.29, 1.82) is 0 Å². The number of amides is 1. The van der Waals surface area contributed by atoms with Crippen molar-refractivity contribution in [2.45, 2.75) is 32.1 Å². The van der Waals surface area contributed by atoms with Gasteiger partial charge in [-0.05, 0) is 62.2 Å². The highest BCUT2D eigenvalue weighted by Crippen LogP contribution is 2.29. The lowest BCUT2D eigenvalue weighted by Gasteiger charge is -2.14. The van der Waals surface area contributed by atoms with Crippen molar-refractivity contribution in [2.75, 3.05) is 16.6 Å². The molecule has 0 atom stereocenters. The van der Waals surface area contributed by atoms with Crippen LogP contribution < -0.4 is 15.4 Å². The Bertz CT molecular complexity index is 1620. The van der Waals surface area contributed by atoms with Crippen molar-refractivity contribution in [1.82, 2.24) is 19.9 Å². The second-order valence-electron chi connectivity index (χ2n) is 8.34. The van der Waals surface area contributed by atoms with Crippen molar-refractivity contribution in [2.24, 2.45) is 0 Å². The lowest BCUT2D eigenvalue weighted by atomic mass is 10.1. The third-order valence-corrected chi connectivity index (χ3v) is 7.05. The molecule has 10 nitrogen and oxygen atoms in total. The van der Waals surface area contributed by atoms with Gasteiger partial charge in [0.25, 0.3) is 10.0 Å². The molecular weight excluding hydrogens is 499 g/mol. The van der Waals surface area contributed by atoms with E-state index < -0.39 is 15.8 Å². The van der Waals surface area contributed by atoms with Crippen LogP contribution in [-0.4, -0.2) is 41.3 Å². The van der Waals surface area contributed by atoms with Crippen molar-refractivity contribution >= 4 is 44.4 Å². The maximum Gasteiger partial charge on any atom is 0.261 e. The Hall–Kier alpha value is -4.32. The average molecular weight is 525 g/mol. The first-order chi connectivity index (χ1) is 17.6. The Morgan fingerprint density at radius 2 is 1.89 bits per heavy atom. The minimum atomic E-state index is -4.02. The van der Waals surface area contributed by atoms with Gasteiger partial charge in [0.05, 0.1) is 17.0 Å². The molecule has 1 amide bonds. The summed E-state index contributed by atoms with van der Waals surface area (Å²) >= 11 is 0. The summed E-state index contributed by atoms with van der Waals surface area (Å²) in [5.41, 5.74) is 3.08. The zero-order valence-corrected chi connectivity index (χ0v) is 21.2. The molecule has 0 fully saturated rings. The zero-order chi connectivity index (χ0) is 26.7. The highest BCUT2D eigenvalue weighted by atomic mass is 32.2. The number of anilines is 3. The Morgan fingerprint density at radius 1 is 1.11 bits per heavy atom. The van der Waals surface area contributed by atoms with E-state index in [1.807, 2.05) is 6.92 Å². The maximum atomic E-state index is 13.5. The van der Waals surface area contributed by atoms with Crippen molar-refractivity contribution in [3.8, 4) is 0 Å². The number of carbonyl (C=O) groups is 2. The van der Waals surface area contributed by atoms with E-state index in [0.717, 1.165) is 17.7 Å². The minimum absolute atomic E-state index is 0.200. The van der Waals surface area contributed by atoms with E-state index in [4.69, 9.17) is 0 Å². The van der Waals surface area contributed by atoms with E-state index in [0.29, 0.717) is 34.7 Å². The van der Waals surface area contributed by atoms with E-state index >= 15 is 0 Å². The van der Waals surface area contributed by atoms with E-state index in [1.54, 1.807) is 38.2 Å². The molecule has 0 aliphatic heterocycles. The lowest BCUT2D eigenvalue weighted by Crippen LogP contribution is -2.25. The molecule has 2 heterocycles. The maximum absolute atomic E-state index is 13.5. The Kier molecular flexibility index (Phi) is 7.21. The number of hydrogen-bond acceptors (Lipinski definition) is 7. The van der Waals surface area contributed by atoms with E-state index in [1.165, 1.54) is 23.0 Å². The first-order valence-corrected chi connectivity index (χ1v) is 12.9. The normalized spacial score (nSPS) is 11.4. The molecule has 0 saturated heterocycles. The van der Waals surface area contributed by atoms with E-state index in [2.05, 4.69) is 25.4 Å². The molecule has 12 heteroatoms.